The molecular weight excluding hydrogens is 345 g/mol. The molecule has 0 bridgehead atoms. The van der Waals surface area contributed by atoms with Gasteiger partial charge in [-0.2, -0.15) is 13.2 Å². The van der Waals surface area contributed by atoms with Gasteiger partial charge in [0.15, 0.2) is 6.10 Å². The molecule has 8 heteroatoms. The molecule has 0 saturated carbocycles. The van der Waals surface area contributed by atoms with E-state index in [0.29, 0.717) is 17.2 Å². The van der Waals surface area contributed by atoms with E-state index in [0.717, 1.165) is 17.7 Å². The van der Waals surface area contributed by atoms with Gasteiger partial charge in [-0.3, -0.25) is 15.6 Å². The number of alkyl halides is 3. The summed E-state index contributed by atoms with van der Waals surface area (Å²) < 4.78 is 43.5. The number of carbonyl (C=O) groups excluding carboxylic acids is 1. The van der Waals surface area contributed by atoms with Crippen molar-refractivity contribution in [1.82, 2.24) is 5.43 Å². The first-order chi connectivity index (χ1) is 11.3. The number of nitrogens with one attached hydrogen (secondary N) is 2. The number of hydrogen-bond acceptors (Lipinski definition) is 3. The summed E-state index contributed by atoms with van der Waals surface area (Å²) in [5, 5.41) is 0.542. The smallest absolute Gasteiger partial charge is 0.416 e. The number of rotatable bonds is 3. The van der Waals surface area contributed by atoms with Crippen LogP contribution >= 0.6 is 11.6 Å². The maximum absolute atomic E-state index is 12.7. The van der Waals surface area contributed by atoms with E-state index in [2.05, 4.69) is 10.9 Å². The molecule has 2 N–H and O–H groups in total. The molecule has 2 aromatic rings. The fraction of sp³-hybridized carbons (Fsp3) is 0.188. The van der Waals surface area contributed by atoms with Gasteiger partial charge in [0.25, 0.3) is 5.91 Å². The Kier molecular flexibility index (Phi) is 4.28. The summed E-state index contributed by atoms with van der Waals surface area (Å²) in [6.07, 6.45) is -4.87. The van der Waals surface area contributed by atoms with E-state index in [-0.39, 0.29) is 5.69 Å². The van der Waals surface area contributed by atoms with E-state index in [4.69, 9.17) is 16.3 Å². The van der Waals surface area contributed by atoms with Crippen molar-refractivity contribution in [2.24, 2.45) is 0 Å². The van der Waals surface area contributed by atoms with Gasteiger partial charge in [-0.25, -0.2) is 0 Å². The van der Waals surface area contributed by atoms with Gasteiger partial charge in [0, 0.05) is 11.4 Å². The molecule has 24 heavy (non-hydrogen) atoms. The first-order valence-electron chi connectivity index (χ1n) is 7.01. The van der Waals surface area contributed by atoms with E-state index in [1.54, 1.807) is 18.2 Å². The highest BCUT2D eigenvalue weighted by Crippen LogP contribution is 2.32. The summed E-state index contributed by atoms with van der Waals surface area (Å²) in [6.45, 7) is 0. The predicted molar refractivity (Wildman–Crippen MR) is 82.8 cm³/mol. The maximum atomic E-state index is 12.7. The largest absolute Gasteiger partial charge is 0.480 e. The number of amides is 1. The van der Waals surface area contributed by atoms with Crippen LogP contribution in [0, 0.1) is 0 Å². The molecule has 1 heterocycles. The monoisotopic (exact) mass is 356 g/mol. The molecule has 1 atom stereocenters. The van der Waals surface area contributed by atoms with Crippen molar-refractivity contribution in [1.29, 1.82) is 0 Å². The summed E-state index contributed by atoms with van der Waals surface area (Å²) in [5.74, 6) is 0.0818. The van der Waals surface area contributed by atoms with Gasteiger partial charge in [0.1, 0.15) is 5.75 Å². The third kappa shape index (κ3) is 3.56. The molecule has 0 saturated heterocycles. The summed E-state index contributed by atoms with van der Waals surface area (Å²) in [7, 11) is 0. The van der Waals surface area contributed by atoms with E-state index in [1.807, 2.05) is 0 Å². The highest BCUT2D eigenvalue weighted by Gasteiger charge is 2.31. The number of fused-ring (bicyclic) bond motifs is 1. The summed E-state index contributed by atoms with van der Waals surface area (Å²) in [6, 6.07) is 9.57. The van der Waals surface area contributed by atoms with E-state index >= 15 is 0 Å². The lowest BCUT2D eigenvalue weighted by molar-refractivity contribution is -0.137. The highest BCUT2D eigenvalue weighted by molar-refractivity contribution is 6.30. The Labute approximate surface area is 140 Å². The lowest BCUT2D eigenvalue weighted by Gasteiger charge is -2.14. The molecule has 1 amide bonds. The number of anilines is 1. The highest BCUT2D eigenvalue weighted by atomic mass is 35.5. The number of hydrogen-bond donors (Lipinski definition) is 2. The molecule has 4 nitrogen and oxygen atoms in total. The van der Waals surface area contributed by atoms with Crippen molar-refractivity contribution >= 4 is 23.2 Å². The Morgan fingerprint density at radius 1 is 1.21 bits per heavy atom. The zero-order chi connectivity index (χ0) is 17.3. The van der Waals surface area contributed by atoms with Crippen molar-refractivity contribution in [2.45, 2.75) is 18.7 Å². The van der Waals surface area contributed by atoms with Gasteiger partial charge >= 0.3 is 6.18 Å². The van der Waals surface area contributed by atoms with E-state index in [1.165, 1.54) is 12.1 Å². The van der Waals surface area contributed by atoms with Crippen LogP contribution in [-0.2, 0) is 17.4 Å². The lowest BCUT2D eigenvalue weighted by atomic mass is 10.1. The predicted octanol–water partition coefficient (Wildman–Crippen LogP) is 3.81. The Bertz CT molecular complexity index is 780. The Hall–Kier alpha value is -2.41. The van der Waals surface area contributed by atoms with Crippen LogP contribution in [0.2, 0.25) is 5.02 Å². The zero-order valence-corrected chi connectivity index (χ0v) is 12.9. The normalized spacial score (nSPS) is 16.2. The minimum Gasteiger partial charge on any atom is -0.480 e. The van der Waals surface area contributed by atoms with Gasteiger partial charge < -0.3 is 4.74 Å². The van der Waals surface area contributed by atoms with Gasteiger partial charge in [0.05, 0.1) is 11.3 Å². The van der Waals surface area contributed by atoms with Crippen LogP contribution in [-0.4, -0.2) is 12.0 Å². The topological polar surface area (TPSA) is 50.4 Å². The Balaban J connectivity index is 1.61. The fourth-order valence-electron chi connectivity index (χ4n) is 2.35. The lowest BCUT2D eigenvalue weighted by Crippen LogP contribution is -2.40. The third-order valence-electron chi connectivity index (χ3n) is 3.51. The van der Waals surface area contributed by atoms with Gasteiger partial charge in [-0.05, 0) is 42.0 Å². The third-order valence-corrected chi connectivity index (χ3v) is 3.74. The second-order valence-corrected chi connectivity index (χ2v) is 5.69. The standard InChI is InChI=1S/C16H12ClF3N2O2/c17-11-4-5-13-9(6-11)7-14(24-13)15(23)22-21-12-3-1-2-10(8-12)16(18,19)20/h1-6,8,14,21H,7H2,(H,22,23). The molecule has 0 radical (unpaired) electrons. The summed E-state index contributed by atoms with van der Waals surface area (Å²) in [5.41, 5.74) is 4.95. The summed E-state index contributed by atoms with van der Waals surface area (Å²) >= 11 is 5.88. The molecular formula is C16H12ClF3N2O2. The molecule has 126 valence electrons. The quantitative estimate of drug-likeness (QED) is 0.822. The first kappa shape index (κ1) is 16.4. The van der Waals surface area contributed by atoms with Crippen molar-refractivity contribution in [2.75, 3.05) is 5.43 Å². The van der Waals surface area contributed by atoms with Crippen LogP contribution in [0.15, 0.2) is 42.5 Å². The first-order valence-corrected chi connectivity index (χ1v) is 7.39. The maximum Gasteiger partial charge on any atom is 0.416 e. The van der Waals surface area contributed by atoms with Crippen molar-refractivity contribution in [3.8, 4) is 5.75 Å². The molecule has 1 aliphatic rings. The molecule has 0 fully saturated rings. The van der Waals surface area contributed by atoms with Crippen LogP contribution in [0.1, 0.15) is 11.1 Å². The van der Waals surface area contributed by atoms with Crippen molar-refractivity contribution < 1.29 is 22.7 Å². The van der Waals surface area contributed by atoms with E-state index in [9.17, 15) is 18.0 Å². The van der Waals surface area contributed by atoms with Gasteiger partial charge in [-0.1, -0.05) is 17.7 Å². The van der Waals surface area contributed by atoms with Crippen LogP contribution in [0.5, 0.6) is 5.75 Å². The average molecular weight is 357 g/mol. The number of ether oxygens (including phenoxy) is 1. The van der Waals surface area contributed by atoms with Crippen molar-refractivity contribution in [3.63, 3.8) is 0 Å². The molecule has 2 aromatic carbocycles. The number of hydrazine groups is 1. The zero-order valence-electron chi connectivity index (χ0n) is 12.2. The van der Waals surface area contributed by atoms with Gasteiger partial charge in [-0.15, -0.1) is 0 Å². The average Bonchev–Trinajstić information content (AvgIpc) is 2.95. The molecule has 0 aromatic heterocycles. The van der Waals surface area contributed by atoms with Crippen molar-refractivity contribution in [3.05, 3.63) is 58.6 Å². The molecule has 0 spiro atoms. The second-order valence-electron chi connectivity index (χ2n) is 5.26. The number of benzene rings is 2. The molecule has 3 rings (SSSR count). The van der Waals surface area contributed by atoms with Crippen LogP contribution in [0.4, 0.5) is 18.9 Å². The molecule has 1 aliphatic heterocycles. The van der Waals surface area contributed by atoms with Crippen LogP contribution in [0.25, 0.3) is 0 Å². The second kappa shape index (κ2) is 6.24. The number of carbonyl (C=O) groups is 1. The number of halogens is 4. The summed E-state index contributed by atoms with van der Waals surface area (Å²) in [4.78, 5) is 12.1. The van der Waals surface area contributed by atoms with Crippen LogP contribution in [0.3, 0.4) is 0 Å². The minimum absolute atomic E-state index is 0.122. The Morgan fingerprint density at radius 3 is 2.75 bits per heavy atom. The minimum atomic E-state index is -4.45. The molecule has 0 aliphatic carbocycles. The van der Waals surface area contributed by atoms with Crippen LogP contribution < -0.4 is 15.6 Å². The van der Waals surface area contributed by atoms with E-state index < -0.39 is 23.8 Å². The Morgan fingerprint density at radius 2 is 2.00 bits per heavy atom. The fourth-order valence-corrected chi connectivity index (χ4v) is 2.55. The SMILES string of the molecule is O=C(NNc1cccc(C(F)(F)F)c1)C1Cc2cc(Cl)ccc2O1. The molecule has 1 unspecified atom stereocenters. The van der Waals surface area contributed by atoms with Gasteiger partial charge in [0.2, 0.25) is 0 Å².